The molecule has 0 aromatic carbocycles. The first kappa shape index (κ1) is 17.1. The lowest BCUT2D eigenvalue weighted by Gasteiger charge is -2.33. The van der Waals surface area contributed by atoms with Gasteiger partial charge in [-0.1, -0.05) is 20.8 Å². The highest BCUT2D eigenvalue weighted by atomic mass is 32.1. The average Bonchev–Trinajstić information content (AvgIpc) is 2.88. The molecule has 0 saturated carbocycles. The molecular weight excluding hydrogens is 315 g/mol. The Morgan fingerprint density at radius 3 is 2.36 bits per heavy atom. The Hall–Kier alpha value is -1.31. The van der Waals surface area contributed by atoms with Gasteiger partial charge in [-0.25, -0.2) is 4.98 Å². The monoisotopic (exact) mass is 335 g/mol. The summed E-state index contributed by atoms with van der Waals surface area (Å²) in [6.45, 7) is 6.75. The van der Waals surface area contributed by atoms with Gasteiger partial charge in [0.1, 0.15) is 0 Å². The third kappa shape index (κ3) is 4.12. The molecule has 0 unspecified atom stereocenters. The lowest BCUT2D eigenvalue weighted by atomic mass is 9.94. The molecule has 0 spiro atoms. The van der Waals surface area contributed by atoms with Crippen molar-refractivity contribution in [3.8, 4) is 0 Å². The van der Waals surface area contributed by atoms with Gasteiger partial charge in [-0.15, -0.1) is 11.3 Å². The number of carbonyl (C=O) groups excluding carboxylic acids is 1. The SMILES string of the molecule is CC(C)(C)C(=O)NC1CCN(c2nc(C(F)(F)F)cs2)CC1. The number of thiazole rings is 1. The molecule has 1 aromatic heterocycles. The smallest absolute Gasteiger partial charge is 0.353 e. The minimum Gasteiger partial charge on any atom is -0.353 e. The largest absolute Gasteiger partial charge is 0.434 e. The molecule has 2 heterocycles. The highest BCUT2D eigenvalue weighted by molar-refractivity contribution is 7.13. The van der Waals surface area contributed by atoms with Gasteiger partial charge in [-0.2, -0.15) is 13.2 Å². The normalized spacial score (nSPS) is 17.6. The van der Waals surface area contributed by atoms with E-state index < -0.39 is 17.3 Å². The van der Waals surface area contributed by atoms with Gasteiger partial charge in [0.15, 0.2) is 10.8 Å². The molecule has 1 aromatic rings. The van der Waals surface area contributed by atoms with E-state index in [9.17, 15) is 18.0 Å². The van der Waals surface area contributed by atoms with Crippen LogP contribution >= 0.6 is 11.3 Å². The summed E-state index contributed by atoms with van der Waals surface area (Å²) in [6.07, 6.45) is -2.97. The van der Waals surface area contributed by atoms with E-state index in [1.165, 1.54) is 0 Å². The van der Waals surface area contributed by atoms with Crippen molar-refractivity contribution in [1.82, 2.24) is 10.3 Å². The van der Waals surface area contributed by atoms with Gasteiger partial charge >= 0.3 is 6.18 Å². The summed E-state index contributed by atoms with van der Waals surface area (Å²) in [4.78, 5) is 17.4. The number of anilines is 1. The Balaban J connectivity index is 1.90. The van der Waals surface area contributed by atoms with Crippen LogP contribution in [0.5, 0.6) is 0 Å². The number of hydrogen-bond donors (Lipinski definition) is 1. The number of carbonyl (C=O) groups is 1. The van der Waals surface area contributed by atoms with E-state index in [-0.39, 0.29) is 11.9 Å². The summed E-state index contributed by atoms with van der Waals surface area (Å²) in [5, 5.41) is 4.44. The minimum atomic E-state index is -4.40. The zero-order valence-electron chi connectivity index (χ0n) is 12.8. The number of aromatic nitrogens is 1. The first-order valence-electron chi connectivity index (χ1n) is 7.16. The molecule has 1 aliphatic rings. The van der Waals surface area contributed by atoms with Crippen LogP contribution in [0.15, 0.2) is 5.38 Å². The van der Waals surface area contributed by atoms with Crippen molar-refractivity contribution < 1.29 is 18.0 Å². The standard InChI is InChI=1S/C14H20F3N3OS/c1-13(2,3)11(21)18-9-4-6-20(7-5-9)12-19-10(8-22-12)14(15,16)17/h8-9H,4-7H2,1-3H3,(H,18,21). The topological polar surface area (TPSA) is 45.2 Å². The number of halogens is 3. The van der Waals surface area contributed by atoms with E-state index in [1.54, 1.807) is 0 Å². The number of nitrogens with zero attached hydrogens (tertiary/aromatic N) is 2. The number of alkyl halides is 3. The summed E-state index contributed by atoms with van der Waals surface area (Å²) >= 11 is 1.01. The molecule has 0 aliphatic carbocycles. The van der Waals surface area contributed by atoms with E-state index in [0.29, 0.717) is 31.1 Å². The molecular formula is C14H20F3N3OS. The van der Waals surface area contributed by atoms with Crippen LogP contribution in [0, 0.1) is 5.41 Å². The van der Waals surface area contributed by atoms with Gasteiger partial charge in [0.25, 0.3) is 0 Å². The van der Waals surface area contributed by atoms with Crippen LogP contribution in [0.3, 0.4) is 0 Å². The number of nitrogens with one attached hydrogen (secondary N) is 1. The van der Waals surface area contributed by atoms with Gasteiger partial charge in [0.05, 0.1) is 0 Å². The Bertz CT molecular complexity index is 528. The molecule has 1 amide bonds. The molecule has 4 nitrogen and oxygen atoms in total. The maximum Gasteiger partial charge on any atom is 0.434 e. The van der Waals surface area contributed by atoms with Crippen LogP contribution in [0.1, 0.15) is 39.3 Å². The van der Waals surface area contributed by atoms with E-state index in [2.05, 4.69) is 10.3 Å². The molecule has 124 valence electrons. The van der Waals surface area contributed by atoms with Gasteiger partial charge in [0.2, 0.25) is 5.91 Å². The van der Waals surface area contributed by atoms with E-state index >= 15 is 0 Å². The zero-order chi connectivity index (χ0) is 16.5. The third-order valence-corrected chi connectivity index (χ3v) is 4.47. The molecule has 1 fully saturated rings. The Morgan fingerprint density at radius 1 is 1.32 bits per heavy atom. The summed E-state index contributed by atoms with van der Waals surface area (Å²) in [7, 11) is 0. The second-order valence-electron chi connectivity index (χ2n) is 6.50. The van der Waals surface area contributed by atoms with Gasteiger partial charge in [-0.3, -0.25) is 4.79 Å². The maximum absolute atomic E-state index is 12.6. The van der Waals surface area contributed by atoms with Crippen LogP contribution in [0.2, 0.25) is 0 Å². The third-order valence-electron chi connectivity index (χ3n) is 3.56. The Labute approximate surface area is 131 Å². The first-order valence-corrected chi connectivity index (χ1v) is 8.04. The van der Waals surface area contributed by atoms with Crippen molar-refractivity contribution in [2.75, 3.05) is 18.0 Å². The molecule has 22 heavy (non-hydrogen) atoms. The molecule has 0 bridgehead atoms. The van der Waals surface area contributed by atoms with Gasteiger partial charge in [0, 0.05) is 29.9 Å². The lowest BCUT2D eigenvalue weighted by Crippen LogP contribution is -2.47. The highest BCUT2D eigenvalue weighted by Crippen LogP contribution is 2.33. The Kier molecular flexibility index (Phi) is 4.70. The van der Waals surface area contributed by atoms with Crippen molar-refractivity contribution >= 4 is 22.4 Å². The fraction of sp³-hybridized carbons (Fsp3) is 0.714. The molecule has 1 N–H and O–H groups in total. The number of piperidine rings is 1. The van der Waals surface area contributed by atoms with Crippen LogP contribution in [0.25, 0.3) is 0 Å². The molecule has 0 radical (unpaired) electrons. The van der Waals surface area contributed by atoms with Crippen LogP contribution in [0.4, 0.5) is 18.3 Å². The second kappa shape index (κ2) is 6.06. The molecule has 8 heteroatoms. The van der Waals surface area contributed by atoms with E-state index in [4.69, 9.17) is 0 Å². The van der Waals surface area contributed by atoms with E-state index in [1.807, 2.05) is 25.7 Å². The van der Waals surface area contributed by atoms with Crippen molar-refractivity contribution in [2.24, 2.45) is 5.41 Å². The molecule has 0 atom stereocenters. The number of hydrogen-bond acceptors (Lipinski definition) is 4. The fourth-order valence-electron chi connectivity index (χ4n) is 2.16. The van der Waals surface area contributed by atoms with Crippen molar-refractivity contribution in [2.45, 2.75) is 45.8 Å². The van der Waals surface area contributed by atoms with E-state index in [0.717, 1.165) is 16.7 Å². The van der Waals surface area contributed by atoms with Crippen molar-refractivity contribution in [3.05, 3.63) is 11.1 Å². The number of amides is 1. The molecule has 2 rings (SSSR count). The summed E-state index contributed by atoms with van der Waals surface area (Å²) in [5.74, 6) is -0.000411. The highest BCUT2D eigenvalue weighted by Gasteiger charge is 2.35. The van der Waals surface area contributed by atoms with Crippen molar-refractivity contribution in [3.63, 3.8) is 0 Å². The quantitative estimate of drug-likeness (QED) is 0.902. The summed E-state index contributed by atoms with van der Waals surface area (Å²) < 4.78 is 37.7. The zero-order valence-corrected chi connectivity index (χ0v) is 13.6. The van der Waals surface area contributed by atoms with Gasteiger partial charge in [-0.05, 0) is 12.8 Å². The lowest BCUT2D eigenvalue weighted by molar-refractivity contribution is -0.140. The predicted molar refractivity (Wildman–Crippen MR) is 79.9 cm³/mol. The van der Waals surface area contributed by atoms with Crippen LogP contribution in [-0.2, 0) is 11.0 Å². The second-order valence-corrected chi connectivity index (χ2v) is 7.33. The van der Waals surface area contributed by atoms with Crippen LogP contribution < -0.4 is 10.2 Å². The van der Waals surface area contributed by atoms with Crippen molar-refractivity contribution in [1.29, 1.82) is 0 Å². The summed E-state index contributed by atoms with van der Waals surface area (Å²) in [5.41, 5.74) is -1.27. The Morgan fingerprint density at radius 2 is 1.91 bits per heavy atom. The first-order chi connectivity index (χ1) is 10.1. The van der Waals surface area contributed by atoms with Crippen LogP contribution in [-0.4, -0.2) is 30.0 Å². The maximum atomic E-state index is 12.6. The van der Waals surface area contributed by atoms with Gasteiger partial charge < -0.3 is 10.2 Å². The predicted octanol–water partition coefficient (Wildman–Crippen LogP) is 3.29. The average molecular weight is 335 g/mol. The minimum absolute atomic E-state index is 0.000411. The molecule has 1 aliphatic heterocycles. The number of rotatable bonds is 2. The molecule has 1 saturated heterocycles. The fourth-order valence-corrected chi connectivity index (χ4v) is 3.04. The summed E-state index contributed by atoms with van der Waals surface area (Å²) in [6, 6.07) is 0.0741.